The number of alkyl halides is 1. The second kappa shape index (κ2) is 6.20. The van der Waals surface area contributed by atoms with Gasteiger partial charge in [-0.05, 0) is 11.7 Å². The Balaban J connectivity index is 2.78. The van der Waals surface area contributed by atoms with Crippen molar-refractivity contribution in [2.24, 2.45) is 0 Å². The van der Waals surface area contributed by atoms with Crippen LogP contribution in [0.4, 0.5) is 0 Å². The summed E-state index contributed by atoms with van der Waals surface area (Å²) in [5, 5.41) is 2.49. The first-order valence-electron chi connectivity index (χ1n) is 2.09. The summed E-state index contributed by atoms with van der Waals surface area (Å²) < 4.78 is 0. The molecule has 0 saturated heterocycles. The Hall–Kier alpha value is 0.200. The Labute approximate surface area is 54.7 Å². The summed E-state index contributed by atoms with van der Waals surface area (Å²) in [6.07, 6.45) is 1.84. The summed E-state index contributed by atoms with van der Waals surface area (Å²) in [5.74, 6) is 3.48. The van der Waals surface area contributed by atoms with E-state index >= 15 is 0 Å². The van der Waals surface area contributed by atoms with Gasteiger partial charge >= 0.3 is 0 Å². The summed E-state index contributed by atoms with van der Waals surface area (Å²) >= 11 is 9.03. The lowest BCUT2D eigenvalue weighted by atomic mass is 10.4. The van der Waals surface area contributed by atoms with Gasteiger partial charge in [0.15, 0.2) is 0 Å². The molecule has 0 amide bonds. The Bertz CT molecular complexity index is 79.8. The van der Waals surface area contributed by atoms with Crippen LogP contribution in [0.25, 0.3) is 0 Å². The maximum Gasteiger partial charge on any atom is 0.0232 e. The van der Waals surface area contributed by atoms with Crippen molar-refractivity contribution in [1.29, 1.82) is 0 Å². The monoisotopic (exact) mass is 134 g/mol. The van der Waals surface area contributed by atoms with Gasteiger partial charge in [-0.3, -0.25) is 0 Å². The summed E-state index contributed by atoms with van der Waals surface area (Å²) in [7, 11) is 0. The molecule has 0 aliphatic heterocycles. The number of thiol groups is 1. The molecule has 0 saturated carbocycles. The second-order valence-corrected chi connectivity index (χ2v) is 1.68. The number of hydrogen-bond donors (Lipinski definition) is 1. The average molecular weight is 135 g/mol. The van der Waals surface area contributed by atoms with Crippen molar-refractivity contribution in [2.45, 2.75) is 12.8 Å². The van der Waals surface area contributed by atoms with E-state index in [0.717, 1.165) is 12.8 Å². The minimum absolute atomic E-state index is 0.697. The van der Waals surface area contributed by atoms with Gasteiger partial charge in [0, 0.05) is 12.3 Å². The van der Waals surface area contributed by atoms with Crippen molar-refractivity contribution in [2.75, 3.05) is 5.88 Å². The molecule has 0 rings (SSSR count). The van der Waals surface area contributed by atoms with E-state index in [1.54, 1.807) is 0 Å². The predicted octanol–water partition coefficient (Wildman–Crippen LogP) is 1.90. The molecule has 0 atom stereocenters. The highest BCUT2D eigenvalue weighted by atomic mass is 35.5. The van der Waals surface area contributed by atoms with Crippen LogP contribution in [-0.2, 0) is 0 Å². The Morgan fingerprint density at radius 3 is 2.71 bits per heavy atom. The highest BCUT2D eigenvalue weighted by molar-refractivity contribution is 7.85. The highest BCUT2D eigenvalue weighted by Gasteiger charge is 1.74. The number of unbranched alkanes of at least 4 members (excludes halogenated alkanes) is 1. The largest absolute Gasteiger partial charge is 0.127 e. The van der Waals surface area contributed by atoms with Crippen molar-refractivity contribution >= 4 is 24.2 Å². The maximum absolute atomic E-state index is 5.34. The quantitative estimate of drug-likeness (QED) is 0.254. The summed E-state index contributed by atoms with van der Waals surface area (Å²) in [6, 6.07) is 0. The van der Waals surface area contributed by atoms with Gasteiger partial charge in [-0.1, -0.05) is 18.5 Å². The molecule has 0 unspecified atom stereocenters. The van der Waals surface area contributed by atoms with Crippen LogP contribution in [0, 0.1) is 11.2 Å². The van der Waals surface area contributed by atoms with Crippen LogP contribution in [0.1, 0.15) is 12.8 Å². The molecule has 0 aromatic heterocycles. The van der Waals surface area contributed by atoms with Crippen LogP contribution in [0.2, 0.25) is 0 Å². The highest BCUT2D eigenvalue weighted by Crippen LogP contribution is 1.88. The summed E-state index contributed by atoms with van der Waals surface area (Å²) in [4.78, 5) is 0. The molecule has 0 aliphatic carbocycles. The molecule has 0 heterocycles. The first-order valence-corrected chi connectivity index (χ1v) is 3.08. The second-order valence-electron chi connectivity index (χ2n) is 1.08. The Morgan fingerprint density at radius 1 is 1.57 bits per heavy atom. The normalized spacial score (nSPS) is 7.14. The van der Waals surface area contributed by atoms with E-state index in [1.165, 1.54) is 0 Å². The molecule has 0 bridgehead atoms. The van der Waals surface area contributed by atoms with Crippen molar-refractivity contribution in [3.8, 4) is 11.2 Å². The molecule has 0 aliphatic rings. The third-order valence-electron chi connectivity index (χ3n) is 0.514. The molecule has 0 nitrogen and oxygen atoms in total. The Kier molecular flexibility index (Phi) is 6.38. The zero-order valence-electron chi connectivity index (χ0n) is 3.95. The van der Waals surface area contributed by atoms with Gasteiger partial charge in [0.05, 0.1) is 0 Å². The average Bonchev–Trinajstić information content (AvgIpc) is 1.69. The van der Waals surface area contributed by atoms with Crippen molar-refractivity contribution in [1.82, 2.24) is 0 Å². The Morgan fingerprint density at radius 2 is 2.29 bits per heavy atom. The van der Waals surface area contributed by atoms with E-state index in [2.05, 4.69) is 23.8 Å². The van der Waals surface area contributed by atoms with Gasteiger partial charge in [-0.25, -0.2) is 0 Å². The van der Waals surface area contributed by atoms with Crippen LogP contribution in [0.15, 0.2) is 0 Å². The standard InChI is InChI=1S/C5H7ClS/c6-4-2-1-3-5-7/h7H,1-2,4H2. The number of halogens is 1. The lowest BCUT2D eigenvalue weighted by Gasteiger charge is -1.78. The SMILES string of the molecule is SC#CCCCCl. The van der Waals surface area contributed by atoms with Crippen molar-refractivity contribution in [3.63, 3.8) is 0 Å². The first kappa shape index (κ1) is 7.20. The van der Waals surface area contributed by atoms with Gasteiger partial charge in [0.25, 0.3) is 0 Å². The molecular weight excluding hydrogens is 128 g/mol. The summed E-state index contributed by atoms with van der Waals surface area (Å²) in [5.41, 5.74) is 0. The molecule has 0 radical (unpaired) electrons. The molecule has 40 valence electrons. The summed E-state index contributed by atoms with van der Waals surface area (Å²) in [6.45, 7) is 0. The topological polar surface area (TPSA) is 0 Å². The predicted molar refractivity (Wildman–Crippen MR) is 36.7 cm³/mol. The van der Waals surface area contributed by atoms with E-state index in [4.69, 9.17) is 11.6 Å². The molecule has 0 spiro atoms. The lowest BCUT2D eigenvalue weighted by Crippen LogP contribution is -1.68. The number of rotatable bonds is 2. The minimum Gasteiger partial charge on any atom is -0.127 e. The first-order chi connectivity index (χ1) is 3.41. The fourth-order valence-corrected chi connectivity index (χ4v) is 0.457. The fraction of sp³-hybridized carbons (Fsp3) is 0.600. The molecular formula is C5H7ClS. The van der Waals surface area contributed by atoms with Crippen LogP contribution in [-0.4, -0.2) is 5.88 Å². The van der Waals surface area contributed by atoms with Crippen molar-refractivity contribution in [3.05, 3.63) is 0 Å². The van der Waals surface area contributed by atoms with Crippen LogP contribution in [0.3, 0.4) is 0 Å². The van der Waals surface area contributed by atoms with Crippen LogP contribution in [0.5, 0.6) is 0 Å². The van der Waals surface area contributed by atoms with E-state index in [-0.39, 0.29) is 0 Å². The maximum atomic E-state index is 5.34. The van der Waals surface area contributed by atoms with E-state index < -0.39 is 0 Å². The number of hydrogen-bond acceptors (Lipinski definition) is 1. The van der Waals surface area contributed by atoms with Gasteiger partial charge in [0.1, 0.15) is 0 Å². The molecule has 0 N–H and O–H groups in total. The zero-order chi connectivity index (χ0) is 5.54. The van der Waals surface area contributed by atoms with E-state index in [1.807, 2.05) is 0 Å². The third kappa shape index (κ3) is 6.20. The van der Waals surface area contributed by atoms with Gasteiger partial charge in [-0.2, -0.15) is 0 Å². The molecule has 2 heteroatoms. The fourth-order valence-electron chi connectivity index (χ4n) is 0.211. The zero-order valence-corrected chi connectivity index (χ0v) is 5.60. The molecule has 0 aromatic carbocycles. The van der Waals surface area contributed by atoms with Gasteiger partial charge in [-0.15, -0.1) is 11.6 Å². The van der Waals surface area contributed by atoms with E-state index in [0.29, 0.717) is 5.88 Å². The molecule has 7 heavy (non-hydrogen) atoms. The van der Waals surface area contributed by atoms with E-state index in [9.17, 15) is 0 Å². The molecule has 0 aromatic rings. The van der Waals surface area contributed by atoms with Crippen LogP contribution >= 0.6 is 24.2 Å². The van der Waals surface area contributed by atoms with Crippen molar-refractivity contribution < 1.29 is 0 Å². The van der Waals surface area contributed by atoms with Crippen LogP contribution < -0.4 is 0 Å². The van der Waals surface area contributed by atoms with Gasteiger partial charge < -0.3 is 0 Å². The third-order valence-corrected chi connectivity index (χ3v) is 0.940. The smallest absolute Gasteiger partial charge is 0.0232 e. The molecule has 0 fully saturated rings. The van der Waals surface area contributed by atoms with Gasteiger partial charge in [0.2, 0.25) is 0 Å². The minimum atomic E-state index is 0.697. The lowest BCUT2D eigenvalue weighted by molar-refractivity contribution is 0.992.